The summed E-state index contributed by atoms with van der Waals surface area (Å²) in [5, 5.41) is 2.62. The predicted molar refractivity (Wildman–Crippen MR) is 80.1 cm³/mol. The summed E-state index contributed by atoms with van der Waals surface area (Å²) in [5.74, 6) is -2.51. The number of aromatic amines is 1. The number of carbonyl (C=O) groups is 2. The number of para-hydroxylation sites is 1. The van der Waals surface area contributed by atoms with Crippen LogP contribution < -0.4 is 10.2 Å². The van der Waals surface area contributed by atoms with Crippen LogP contribution in [-0.4, -0.2) is 29.4 Å². The Morgan fingerprint density at radius 3 is 2.61 bits per heavy atom. The number of nitrogens with one attached hydrogen (secondary N) is 2. The minimum absolute atomic E-state index is 0.147. The molecule has 120 valence electrons. The third-order valence-corrected chi connectivity index (χ3v) is 3.92. The lowest BCUT2D eigenvalue weighted by atomic mass is 10.2. The van der Waals surface area contributed by atoms with E-state index < -0.39 is 29.5 Å². The summed E-state index contributed by atoms with van der Waals surface area (Å²) in [6, 6.07) is 4.25. The van der Waals surface area contributed by atoms with E-state index in [9.17, 15) is 18.4 Å². The topological polar surface area (TPSA) is 65.2 Å². The molecule has 0 bridgehead atoms. The molecule has 0 radical (unpaired) electrons. The number of benzene rings is 1. The molecule has 1 aromatic carbocycles. The fraction of sp³-hybridized carbons (Fsp3) is 0.250. The van der Waals surface area contributed by atoms with E-state index in [1.54, 1.807) is 19.2 Å². The van der Waals surface area contributed by atoms with E-state index >= 15 is 0 Å². The molecule has 0 saturated carbocycles. The Bertz CT molecular complexity index is 752. The fourth-order valence-electron chi connectivity index (χ4n) is 2.72. The zero-order chi connectivity index (χ0) is 16.6. The number of aromatic nitrogens is 1. The first-order valence-electron chi connectivity index (χ1n) is 7.19. The summed E-state index contributed by atoms with van der Waals surface area (Å²) in [6.07, 6.45) is 1.92. The molecule has 0 spiro atoms. The van der Waals surface area contributed by atoms with E-state index in [2.05, 4.69) is 10.3 Å². The third kappa shape index (κ3) is 2.69. The summed E-state index contributed by atoms with van der Waals surface area (Å²) in [4.78, 5) is 28.4. The highest BCUT2D eigenvalue weighted by Crippen LogP contribution is 2.27. The molecule has 23 heavy (non-hydrogen) atoms. The van der Waals surface area contributed by atoms with Crippen LogP contribution in [0.4, 0.5) is 14.5 Å². The Kier molecular flexibility index (Phi) is 3.85. The van der Waals surface area contributed by atoms with Crippen LogP contribution in [0.3, 0.4) is 0 Å². The van der Waals surface area contributed by atoms with Gasteiger partial charge in [0.2, 0.25) is 5.91 Å². The van der Waals surface area contributed by atoms with Crippen molar-refractivity contribution in [1.82, 2.24) is 10.3 Å². The van der Waals surface area contributed by atoms with Crippen LogP contribution in [0.1, 0.15) is 22.5 Å². The molecule has 1 fully saturated rings. The van der Waals surface area contributed by atoms with Gasteiger partial charge in [-0.05, 0) is 31.5 Å². The SMILES string of the molecule is Cc1[nH]ccc1C(=O)N[C@@H]1CCN(c2c(F)cccc2F)C1=O. The van der Waals surface area contributed by atoms with Gasteiger partial charge in [0.15, 0.2) is 0 Å². The average molecular weight is 319 g/mol. The lowest BCUT2D eigenvalue weighted by molar-refractivity contribution is -0.118. The summed E-state index contributed by atoms with van der Waals surface area (Å²) in [6.45, 7) is 1.89. The Labute approximate surface area is 131 Å². The molecule has 0 unspecified atom stereocenters. The Hall–Kier alpha value is -2.70. The predicted octanol–water partition coefficient (Wildman–Crippen LogP) is 2.14. The van der Waals surface area contributed by atoms with E-state index in [4.69, 9.17) is 0 Å². The summed E-state index contributed by atoms with van der Waals surface area (Å²) >= 11 is 0. The molecule has 1 atom stereocenters. The number of amides is 2. The van der Waals surface area contributed by atoms with Crippen LogP contribution >= 0.6 is 0 Å². The van der Waals surface area contributed by atoms with Gasteiger partial charge in [0.1, 0.15) is 23.4 Å². The average Bonchev–Trinajstić information content (AvgIpc) is 3.07. The van der Waals surface area contributed by atoms with E-state index in [-0.39, 0.29) is 12.2 Å². The summed E-state index contributed by atoms with van der Waals surface area (Å²) < 4.78 is 27.6. The van der Waals surface area contributed by atoms with E-state index in [0.29, 0.717) is 17.7 Å². The van der Waals surface area contributed by atoms with Crippen molar-refractivity contribution in [2.24, 2.45) is 0 Å². The number of rotatable bonds is 3. The maximum Gasteiger partial charge on any atom is 0.253 e. The van der Waals surface area contributed by atoms with Gasteiger partial charge in [0.05, 0.1) is 5.56 Å². The highest BCUT2D eigenvalue weighted by Gasteiger charge is 2.36. The molecule has 3 rings (SSSR count). The molecule has 5 nitrogen and oxygen atoms in total. The maximum atomic E-state index is 13.8. The molecule has 7 heteroatoms. The van der Waals surface area contributed by atoms with Crippen molar-refractivity contribution in [2.45, 2.75) is 19.4 Å². The lowest BCUT2D eigenvalue weighted by Crippen LogP contribution is -2.42. The normalized spacial score (nSPS) is 17.6. The van der Waals surface area contributed by atoms with Gasteiger partial charge in [-0.3, -0.25) is 9.59 Å². The Morgan fingerprint density at radius 2 is 2.00 bits per heavy atom. The second-order valence-electron chi connectivity index (χ2n) is 5.39. The zero-order valence-corrected chi connectivity index (χ0v) is 12.4. The van der Waals surface area contributed by atoms with Gasteiger partial charge in [-0.15, -0.1) is 0 Å². The zero-order valence-electron chi connectivity index (χ0n) is 12.4. The molecule has 1 aliphatic heterocycles. The van der Waals surface area contributed by atoms with Crippen molar-refractivity contribution >= 4 is 17.5 Å². The first-order chi connectivity index (χ1) is 11.0. The van der Waals surface area contributed by atoms with Crippen molar-refractivity contribution in [3.05, 3.63) is 53.4 Å². The molecule has 2 N–H and O–H groups in total. The van der Waals surface area contributed by atoms with E-state index in [0.717, 1.165) is 17.0 Å². The molecule has 2 heterocycles. The smallest absolute Gasteiger partial charge is 0.253 e. The van der Waals surface area contributed by atoms with E-state index in [1.165, 1.54) is 6.07 Å². The third-order valence-electron chi connectivity index (χ3n) is 3.92. The number of H-pyrrole nitrogens is 1. The number of nitrogens with zero attached hydrogens (tertiary/aromatic N) is 1. The highest BCUT2D eigenvalue weighted by molar-refractivity contribution is 6.04. The minimum atomic E-state index is -0.799. The number of halogens is 2. The van der Waals surface area contributed by atoms with Crippen LogP contribution in [0, 0.1) is 18.6 Å². The van der Waals surface area contributed by atoms with Crippen LogP contribution in [-0.2, 0) is 4.79 Å². The van der Waals surface area contributed by atoms with Crippen LogP contribution in [0.5, 0.6) is 0 Å². The molecule has 1 aromatic heterocycles. The van der Waals surface area contributed by atoms with Crippen LogP contribution in [0.25, 0.3) is 0 Å². The van der Waals surface area contributed by atoms with E-state index in [1.807, 2.05) is 0 Å². The second kappa shape index (κ2) is 5.83. The minimum Gasteiger partial charge on any atom is -0.365 e. The van der Waals surface area contributed by atoms with Crippen molar-refractivity contribution in [2.75, 3.05) is 11.4 Å². The number of carbonyl (C=O) groups excluding carboxylic acids is 2. The number of aryl methyl sites for hydroxylation is 1. The number of hydrogen-bond acceptors (Lipinski definition) is 2. The van der Waals surface area contributed by atoms with Gasteiger partial charge in [-0.1, -0.05) is 6.07 Å². The van der Waals surface area contributed by atoms with Gasteiger partial charge >= 0.3 is 0 Å². The lowest BCUT2D eigenvalue weighted by Gasteiger charge is -2.18. The molecule has 2 amide bonds. The molecule has 0 aliphatic carbocycles. The van der Waals surface area contributed by atoms with Crippen molar-refractivity contribution in [3.8, 4) is 0 Å². The molecular formula is C16H15F2N3O2. The summed E-state index contributed by atoms with van der Waals surface area (Å²) in [7, 11) is 0. The molecule has 1 aliphatic rings. The second-order valence-corrected chi connectivity index (χ2v) is 5.39. The van der Waals surface area contributed by atoms with Crippen LogP contribution in [0.2, 0.25) is 0 Å². The molecular weight excluding hydrogens is 304 g/mol. The first kappa shape index (κ1) is 15.2. The van der Waals surface area contributed by atoms with Gasteiger partial charge in [-0.25, -0.2) is 8.78 Å². The monoisotopic (exact) mass is 319 g/mol. The summed E-state index contributed by atoms with van der Waals surface area (Å²) in [5.41, 5.74) is 0.755. The highest BCUT2D eigenvalue weighted by atomic mass is 19.1. The molecule has 2 aromatic rings. The molecule has 1 saturated heterocycles. The number of anilines is 1. The first-order valence-corrected chi connectivity index (χ1v) is 7.19. The maximum absolute atomic E-state index is 13.8. The van der Waals surface area contributed by atoms with Crippen molar-refractivity contribution < 1.29 is 18.4 Å². The fourth-order valence-corrected chi connectivity index (χ4v) is 2.72. The van der Waals surface area contributed by atoms with Crippen molar-refractivity contribution in [3.63, 3.8) is 0 Å². The van der Waals surface area contributed by atoms with Crippen molar-refractivity contribution in [1.29, 1.82) is 0 Å². The van der Waals surface area contributed by atoms with Gasteiger partial charge in [0.25, 0.3) is 5.91 Å². The Balaban J connectivity index is 1.77. The Morgan fingerprint density at radius 1 is 1.30 bits per heavy atom. The quantitative estimate of drug-likeness (QED) is 0.910. The van der Waals surface area contributed by atoms with Gasteiger partial charge in [0, 0.05) is 18.4 Å². The van der Waals surface area contributed by atoms with Gasteiger partial charge < -0.3 is 15.2 Å². The largest absolute Gasteiger partial charge is 0.365 e. The number of hydrogen-bond donors (Lipinski definition) is 2. The standard InChI is InChI=1S/C16H15F2N3O2/c1-9-10(5-7-19-9)15(22)20-13-6-8-21(16(13)23)14-11(17)3-2-4-12(14)18/h2-5,7,13,19H,6,8H2,1H3,(H,20,22)/t13-/m1/s1. The van der Waals surface area contributed by atoms with Gasteiger partial charge in [-0.2, -0.15) is 0 Å². The van der Waals surface area contributed by atoms with Crippen LogP contribution in [0.15, 0.2) is 30.5 Å².